The molecule has 2 heteroatoms. The van der Waals surface area contributed by atoms with Crippen LogP contribution in [0.25, 0.3) is 60.5 Å². The molecule has 6 aromatic carbocycles. The van der Waals surface area contributed by atoms with Crippen molar-refractivity contribution in [1.29, 1.82) is 0 Å². The topological polar surface area (TPSA) is 4.93 Å². The fourth-order valence-corrected chi connectivity index (χ4v) is 5.66. The third-order valence-electron chi connectivity index (χ3n) is 7.06. The monoisotopic (exact) mass is 479 g/mol. The number of rotatable bonds is 3. The second-order valence-corrected chi connectivity index (χ2v) is 9.54. The molecule has 0 unspecified atom stereocenters. The van der Waals surface area contributed by atoms with E-state index >= 15 is 0 Å². The summed E-state index contributed by atoms with van der Waals surface area (Å²) in [6.07, 6.45) is 0. The van der Waals surface area contributed by atoms with Gasteiger partial charge in [-0.3, -0.25) is 0 Å². The average molecular weight is 480 g/mol. The number of fused-ring (bicyclic) bond motifs is 5. The molecule has 0 spiro atoms. The highest BCUT2D eigenvalue weighted by molar-refractivity contribution is 6.31. The van der Waals surface area contributed by atoms with Crippen molar-refractivity contribution >= 4 is 44.2 Å². The molecule has 1 heterocycles. The van der Waals surface area contributed by atoms with Crippen LogP contribution in [0.5, 0.6) is 0 Å². The van der Waals surface area contributed by atoms with Crippen molar-refractivity contribution in [2.75, 3.05) is 0 Å². The third kappa shape index (κ3) is 3.25. The van der Waals surface area contributed by atoms with E-state index in [2.05, 4.69) is 126 Å². The summed E-state index contributed by atoms with van der Waals surface area (Å²) in [5, 5.41) is 5.74. The highest BCUT2D eigenvalue weighted by atomic mass is 35.5. The first-order chi connectivity index (χ1) is 17.8. The normalized spacial score (nSPS) is 11.5. The van der Waals surface area contributed by atoms with E-state index in [0.717, 1.165) is 27.4 Å². The maximum Gasteiger partial charge on any atom is 0.0619 e. The Balaban J connectivity index is 1.61. The van der Waals surface area contributed by atoms with Crippen LogP contribution in [-0.2, 0) is 0 Å². The molecule has 0 fully saturated rings. The molecule has 0 radical (unpaired) electrons. The predicted molar refractivity (Wildman–Crippen MR) is 154 cm³/mol. The fourth-order valence-electron chi connectivity index (χ4n) is 5.48. The van der Waals surface area contributed by atoms with Crippen molar-refractivity contribution in [3.63, 3.8) is 0 Å². The molecule has 0 amide bonds. The highest BCUT2D eigenvalue weighted by Gasteiger charge is 2.18. The molecule has 7 aromatic rings. The fraction of sp³-hybridized carbons (Fsp3) is 0. The minimum absolute atomic E-state index is 0.734. The molecule has 0 aliphatic carbocycles. The number of hydrogen-bond donors (Lipinski definition) is 0. The second-order valence-electron chi connectivity index (χ2n) is 9.11. The van der Waals surface area contributed by atoms with Gasteiger partial charge in [-0.2, -0.15) is 0 Å². The summed E-state index contributed by atoms with van der Waals surface area (Å²) in [4.78, 5) is 0. The van der Waals surface area contributed by atoms with Crippen molar-refractivity contribution in [3.8, 4) is 27.9 Å². The lowest BCUT2D eigenvalue weighted by molar-refractivity contribution is 1.19. The van der Waals surface area contributed by atoms with Gasteiger partial charge in [0.1, 0.15) is 0 Å². The van der Waals surface area contributed by atoms with Gasteiger partial charge >= 0.3 is 0 Å². The summed E-state index contributed by atoms with van der Waals surface area (Å²) in [6, 6.07) is 47.2. The Morgan fingerprint density at radius 2 is 1.19 bits per heavy atom. The van der Waals surface area contributed by atoms with Crippen molar-refractivity contribution in [3.05, 3.63) is 138 Å². The molecule has 36 heavy (non-hydrogen) atoms. The molecular weight excluding hydrogens is 458 g/mol. The Hall–Kier alpha value is -4.33. The molecule has 7 rings (SSSR count). The molecule has 1 nitrogen and oxygen atoms in total. The van der Waals surface area contributed by atoms with Gasteiger partial charge in [0.2, 0.25) is 0 Å². The van der Waals surface area contributed by atoms with E-state index in [0.29, 0.717) is 0 Å². The van der Waals surface area contributed by atoms with Crippen LogP contribution >= 0.6 is 11.6 Å². The zero-order valence-corrected chi connectivity index (χ0v) is 20.3. The van der Waals surface area contributed by atoms with Crippen LogP contribution in [0, 0.1) is 0 Å². The number of hydrogen-bond acceptors (Lipinski definition) is 0. The lowest BCUT2D eigenvalue weighted by atomic mass is 9.93. The minimum atomic E-state index is 0.734. The Bertz CT molecular complexity index is 1900. The van der Waals surface area contributed by atoms with Gasteiger partial charge in [-0.15, -0.1) is 0 Å². The Labute approximate surface area is 214 Å². The number of benzene rings is 6. The van der Waals surface area contributed by atoms with Crippen LogP contribution in [0.1, 0.15) is 0 Å². The van der Waals surface area contributed by atoms with Crippen molar-refractivity contribution in [2.45, 2.75) is 0 Å². The van der Waals surface area contributed by atoms with Crippen LogP contribution < -0.4 is 0 Å². The van der Waals surface area contributed by atoms with Crippen molar-refractivity contribution in [1.82, 2.24) is 4.57 Å². The quantitative estimate of drug-likeness (QED) is 0.237. The molecule has 0 saturated heterocycles. The van der Waals surface area contributed by atoms with E-state index in [1.807, 2.05) is 12.1 Å². The summed E-state index contributed by atoms with van der Waals surface area (Å²) >= 11 is 6.51. The lowest BCUT2D eigenvalue weighted by Crippen LogP contribution is -1.98. The van der Waals surface area contributed by atoms with Crippen LogP contribution in [0.15, 0.2) is 133 Å². The van der Waals surface area contributed by atoms with Crippen molar-refractivity contribution in [2.24, 2.45) is 0 Å². The molecule has 0 N–H and O–H groups in total. The summed E-state index contributed by atoms with van der Waals surface area (Å²) in [5.41, 5.74) is 8.19. The van der Waals surface area contributed by atoms with Gasteiger partial charge in [-0.05, 0) is 46.3 Å². The van der Waals surface area contributed by atoms with E-state index in [1.54, 1.807) is 0 Å². The maximum absolute atomic E-state index is 6.51. The smallest absolute Gasteiger partial charge is 0.0619 e. The summed E-state index contributed by atoms with van der Waals surface area (Å²) < 4.78 is 2.44. The first-order valence-corrected chi connectivity index (χ1v) is 12.5. The largest absolute Gasteiger partial charge is 0.308 e. The van der Waals surface area contributed by atoms with Crippen LogP contribution in [-0.4, -0.2) is 4.57 Å². The lowest BCUT2D eigenvalue weighted by Gasteiger charge is -2.18. The highest BCUT2D eigenvalue weighted by Crippen LogP contribution is 2.41. The number of nitrogens with zero attached hydrogens (tertiary/aromatic N) is 1. The predicted octanol–water partition coefficient (Wildman–Crippen LogP) is 9.92. The molecule has 170 valence electrons. The standard InChI is InChI=1S/C34H22ClN/c35-25-19-21-27(31(22-25)23-10-2-1-3-11-23)28-14-6-8-16-32(28)36-33-17-9-7-15-29(33)30-20-18-24-12-4-5-13-26(24)34(30)36/h1-22H. The molecule has 0 saturated carbocycles. The van der Waals surface area contributed by atoms with Gasteiger partial charge < -0.3 is 4.57 Å². The molecule has 0 bridgehead atoms. The first kappa shape index (κ1) is 21.0. The SMILES string of the molecule is Clc1ccc(-c2ccccc2-n2c3ccccc3c3ccc4ccccc4c32)c(-c2ccccc2)c1. The minimum Gasteiger partial charge on any atom is -0.308 e. The Morgan fingerprint density at radius 1 is 0.472 bits per heavy atom. The van der Waals surface area contributed by atoms with Crippen molar-refractivity contribution < 1.29 is 0 Å². The number of para-hydroxylation sites is 2. The van der Waals surface area contributed by atoms with E-state index in [4.69, 9.17) is 11.6 Å². The Morgan fingerprint density at radius 3 is 2.08 bits per heavy atom. The summed E-state index contributed by atoms with van der Waals surface area (Å²) in [6.45, 7) is 0. The third-order valence-corrected chi connectivity index (χ3v) is 7.30. The van der Waals surface area contributed by atoms with Crippen LogP contribution in [0.2, 0.25) is 5.02 Å². The average Bonchev–Trinajstić information content (AvgIpc) is 3.28. The molecule has 0 aliphatic rings. The second kappa shape index (κ2) is 8.41. The van der Waals surface area contributed by atoms with Gasteiger partial charge in [0, 0.05) is 26.7 Å². The summed E-state index contributed by atoms with van der Waals surface area (Å²) in [7, 11) is 0. The van der Waals surface area contributed by atoms with Gasteiger partial charge in [-0.25, -0.2) is 0 Å². The number of halogens is 1. The van der Waals surface area contributed by atoms with Gasteiger partial charge in [0.05, 0.1) is 16.7 Å². The van der Waals surface area contributed by atoms with Crippen LogP contribution in [0.3, 0.4) is 0 Å². The molecule has 1 aromatic heterocycles. The van der Waals surface area contributed by atoms with E-state index in [1.165, 1.54) is 38.1 Å². The molecule has 0 aliphatic heterocycles. The molecule has 0 atom stereocenters. The van der Waals surface area contributed by atoms with Gasteiger partial charge in [0.25, 0.3) is 0 Å². The summed E-state index contributed by atoms with van der Waals surface area (Å²) in [5.74, 6) is 0. The van der Waals surface area contributed by atoms with E-state index < -0.39 is 0 Å². The van der Waals surface area contributed by atoms with E-state index in [-0.39, 0.29) is 0 Å². The molecular formula is C34H22ClN. The zero-order chi connectivity index (χ0) is 24.1. The Kier molecular flexibility index (Phi) is 4.90. The van der Waals surface area contributed by atoms with E-state index in [9.17, 15) is 0 Å². The van der Waals surface area contributed by atoms with Gasteiger partial charge in [0.15, 0.2) is 0 Å². The number of aromatic nitrogens is 1. The van der Waals surface area contributed by atoms with Crippen LogP contribution in [0.4, 0.5) is 0 Å². The zero-order valence-electron chi connectivity index (χ0n) is 19.5. The maximum atomic E-state index is 6.51. The van der Waals surface area contributed by atoms with Gasteiger partial charge in [-0.1, -0.05) is 121 Å². The first-order valence-electron chi connectivity index (χ1n) is 12.2.